The van der Waals surface area contributed by atoms with Gasteiger partial charge in [-0.2, -0.15) is 5.26 Å². The second-order valence-corrected chi connectivity index (χ2v) is 5.22. The molecule has 2 aromatic carbocycles. The van der Waals surface area contributed by atoms with Gasteiger partial charge < -0.3 is 14.8 Å². The van der Waals surface area contributed by atoms with E-state index in [1.54, 1.807) is 36.4 Å². The van der Waals surface area contributed by atoms with Gasteiger partial charge >= 0.3 is 5.97 Å². The molecule has 0 radical (unpaired) electrons. The molecule has 2 aromatic rings. The minimum Gasteiger partial charge on any atom is -0.480 e. The molecule has 0 bridgehead atoms. The number of benzene rings is 2. The van der Waals surface area contributed by atoms with E-state index >= 15 is 0 Å². The fraction of sp³-hybridized carbons (Fsp3) is 0.0952. The molecule has 0 aliphatic carbocycles. The van der Waals surface area contributed by atoms with E-state index in [1.807, 2.05) is 6.07 Å². The Morgan fingerprint density at radius 2 is 1.89 bits per heavy atom. The highest BCUT2D eigenvalue weighted by atomic mass is 16.5. The van der Waals surface area contributed by atoms with E-state index in [0.29, 0.717) is 22.6 Å². The molecule has 0 heterocycles. The fourth-order valence-corrected chi connectivity index (χ4v) is 2.16. The highest BCUT2D eigenvalue weighted by Crippen LogP contribution is 2.21. The number of hydrogen-bond acceptors (Lipinski definition) is 5. The molecule has 0 atom stereocenters. The molecule has 1 amide bonds. The normalized spacial score (nSPS) is 10.3. The Morgan fingerprint density at radius 1 is 1.19 bits per heavy atom. The minimum absolute atomic E-state index is 0.0749. The Hall–Kier alpha value is -4.03. The van der Waals surface area contributed by atoms with Crippen molar-refractivity contribution in [3.8, 4) is 24.2 Å². The molecule has 134 valence electrons. The van der Waals surface area contributed by atoms with E-state index in [0.717, 1.165) is 0 Å². The number of esters is 1. The van der Waals surface area contributed by atoms with Gasteiger partial charge in [0.15, 0.2) is 0 Å². The Kier molecular flexibility index (Phi) is 6.76. The van der Waals surface area contributed by atoms with Crippen LogP contribution in [0.3, 0.4) is 0 Å². The van der Waals surface area contributed by atoms with Crippen molar-refractivity contribution in [2.24, 2.45) is 0 Å². The molecular weight excluding hydrogens is 344 g/mol. The standard InChI is InChI=1S/C21H16N2O4/c1-3-12-27-19-7-5-4-6-16(19)13-17(14-22)20(24)23-18-10-8-15(9-11-18)21(25)26-2/h1,4-11,13H,12H2,2H3,(H,23,24)/b17-13+. The summed E-state index contributed by atoms with van der Waals surface area (Å²) in [6.45, 7) is 0.0749. The number of hydrogen-bond donors (Lipinski definition) is 1. The van der Waals surface area contributed by atoms with E-state index in [2.05, 4.69) is 16.0 Å². The van der Waals surface area contributed by atoms with Crippen molar-refractivity contribution in [2.45, 2.75) is 0 Å². The summed E-state index contributed by atoms with van der Waals surface area (Å²) in [6.07, 6.45) is 6.61. The molecule has 0 saturated heterocycles. The van der Waals surface area contributed by atoms with Crippen LogP contribution in [0.2, 0.25) is 0 Å². The third-order valence-corrected chi connectivity index (χ3v) is 3.46. The van der Waals surface area contributed by atoms with Gasteiger partial charge in [-0.05, 0) is 36.4 Å². The number of nitrogens with one attached hydrogen (secondary N) is 1. The summed E-state index contributed by atoms with van der Waals surface area (Å²) in [5.74, 6) is 1.77. The van der Waals surface area contributed by atoms with Gasteiger partial charge in [0.1, 0.15) is 24.0 Å². The second kappa shape index (κ2) is 9.45. The molecule has 0 unspecified atom stereocenters. The van der Waals surface area contributed by atoms with Gasteiger partial charge in [-0.15, -0.1) is 6.42 Å². The molecule has 6 nitrogen and oxygen atoms in total. The quantitative estimate of drug-likeness (QED) is 0.370. The van der Waals surface area contributed by atoms with Crippen LogP contribution in [0.1, 0.15) is 15.9 Å². The van der Waals surface area contributed by atoms with Crippen molar-refractivity contribution in [3.63, 3.8) is 0 Å². The number of methoxy groups -OCH3 is 1. The van der Waals surface area contributed by atoms with Crippen LogP contribution in [0.25, 0.3) is 6.08 Å². The molecule has 6 heteroatoms. The lowest BCUT2D eigenvalue weighted by molar-refractivity contribution is -0.112. The predicted molar refractivity (Wildman–Crippen MR) is 101 cm³/mol. The maximum absolute atomic E-state index is 12.4. The smallest absolute Gasteiger partial charge is 0.337 e. The summed E-state index contributed by atoms with van der Waals surface area (Å²) in [6, 6.07) is 14.9. The Balaban J connectivity index is 2.19. The largest absolute Gasteiger partial charge is 0.480 e. The molecule has 27 heavy (non-hydrogen) atoms. The SMILES string of the molecule is C#CCOc1ccccc1/C=C(\C#N)C(=O)Nc1ccc(C(=O)OC)cc1. The number of para-hydroxylation sites is 1. The summed E-state index contributed by atoms with van der Waals surface area (Å²) in [5.41, 5.74) is 1.24. The average molecular weight is 360 g/mol. The Morgan fingerprint density at radius 3 is 2.52 bits per heavy atom. The zero-order valence-electron chi connectivity index (χ0n) is 14.6. The van der Waals surface area contributed by atoms with Gasteiger partial charge in [-0.1, -0.05) is 24.1 Å². The van der Waals surface area contributed by atoms with Gasteiger partial charge in [-0.3, -0.25) is 4.79 Å². The summed E-state index contributed by atoms with van der Waals surface area (Å²) in [4.78, 5) is 23.8. The van der Waals surface area contributed by atoms with E-state index in [9.17, 15) is 14.9 Å². The summed E-state index contributed by atoms with van der Waals surface area (Å²) < 4.78 is 10.0. The number of carbonyl (C=O) groups excluding carboxylic acids is 2. The summed E-state index contributed by atoms with van der Waals surface area (Å²) in [5, 5.41) is 11.9. The molecule has 0 fully saturated rings. The van der Waals surface area contributed by atoms with E-state index < -0.39 is 11.9 Å². The van der Waals surface area contributed by atoms with Crippen molar-refractivity contribution >= 4 is 23.6 Å². The first-order valence-corrected chi connectivity index (χ1v) is 7.86. The fourth-order valence-electron chi connectivity index (χ4n) is 2.16. The summed E-state index contributed by atoms with van der Waals surface area (Å²) in [7, 11) is 1.28. The lowest BCUT2D eigenvalue weighted by Gasteiger charge is -2.08. The van der Waals surface area contributed by atoms with Crippen LogP contribution in [-0.2, 0) is 9.53 Å². The first-order chi connectivity index (χ1) is 13.1. The van der Waals surface area contributed by atoms with Crippen molar-refractivity contribution in [3.05, 3.63) is 65.2 Å². The second-order valence-electron chi connectivity index (χ2n) is 5.22. The monoisotopic (exact) mass is 360 g/mol. The molecule has 0 spiro atoms. The van der Waals surface area contributed by atoms with Crippen molar-refractivity contribution in [1.29, 1.82) is 5.26 Å². The van der Waals surface area contributed by atoms with Crippen LogP contribution in [0.4, 0.5) is 5.69 Å². The number of rotatable bonds is 6. The van der Waals surface area contributed by atoms with E-state index in [1.165, 1.54) is 25.3 Å². The molecule has 0 aliphatic heterocycles. The highest BCUT2D eigenvalue weighted by Gasteiger charge is 2.12. The number of carbonyl (C=O) groups is 2. The van der Waals surface area contributed by atoms with Crippen LogP contribution in [0.15, 0.2) is 54.1 Å². The van der Waals surface area contributed by atoms with Gasteiger partial charge in [0.05, 0.1) is 12.7 Å². The van der Waals surface area contributed by atoms with Gasteiger partial charge in [-0.25, -0.2) is 4.79 Å². The van der Waals surface area contributed by atoms with Crippen molar-refractivity contribution in [2.75, 3.05) is 19.0 Å². The third-order valence-electron chi connectivity index (χ3n) is 3.46. The lowest BCUT2D eigenvalue weighted by atomic mass is 10.1. The number of amides is 1. The molecule has 0 saturated carbocycles. The maximum Gasteiger partial charge on any atom is 0.337 e. The average Bonchev–Trinajstić information content (AvgIpc) is 2.71. The number of anilines is 1. The Labute approximate surface area is 157 Å². The van der Waals surface area contributed by atoms with Crippen LogP contribution < -0.4 is 10.1 Å². The number of nitrogens with zero attached hydrogens (tertiary/aromatic N) is 1. The highest BCUT2D eigenvalue weighted by molar-refractivity contribution is 6.10. The van der Waals surface area contributed by atoms with Crippen molar-refractivity contribution in [1.82, 2.24) is 0 Å². The number of ether oxygens (including phenoxy) is 2. The first kappa shape index (κ1) is 19.3. The number of nitriles is 1. The van der Waals surface area contributed by atoms with Gasteiger partial charge in [0.25, 0.3) is 5.91 Å². The topological polar surface area (TPSA) is 88.4 Å². The molecule has 0 aromatic heterocycles. The van der Waals surface area contributed by atoms with E-state index in [4.69, 9.17) is 11.2 Å². The van der Waals surface area contributed by atoms with Crippen LogP contribution in [0, 0.1) is 23.7 Å². The molecule has 1 N–H and O–H groups in total. The van der Waals surface area contributed by atoms with Crippen LogP contribution in [0.5, 0.6) is 5.75 Å². The first-order valence-electron chi connectivity index (χ1n) is 7.86. The number of terminal acetylenes is 1. The molecule has 2 rings (SSSR count). The maximum atomic E-state index is 12.4. The minimum atomic E-state index is -0.588. The summed E-state index contributed by atoms with van der Waals surface area (Å²) >= 11 is 0. The van der Waals surface area contributed by atoms with Gasteiger partial charge in [0, 0.05) is 11.3 Å². The lowest BCUT2D eigenvalue weighted by Crippen LogP contribution is -2.13. The van der Waals surface area contributed by atoms with Crippen LogP contribution >= 0.6 is 0 Å². The predicted octanol–water partition coefficient (Wildman–Crippen LogP) is 3.03. The molecule has 0 aliphatic rings. The molecular formula is C21H16N2O4. The Bertz CT molecular complexity index is 947. The van der Waals surface area contributed by atoms with Gasteiger partial charge in [0.2, 0.25) is 0 Å². The third kappa shape index (κ3) is 5.22. The zero-order chi connectivity index (χ0) is 19.6. The van der Waals surface area contributed by atoms with Crippen molar-refractivity contribution < 1.29 is 19.1 Å². The zero-order valence-corrected chi connectivity index (χ0v) is 14.6. The van der Waals surface area contributed by atoms with E-state index in [-0.39, 0.29) is 12.2 Å². The van der Waals surface area contributed by atoms with Crippen LogP contribution in [-0.4, -0.2) is 25.6 Å².